The van der Waals surface area contributed by atoms with Gasteiger partial charge in [0.2, 0.25) is 0 Å². The number of aromatic hydroxyl groups is 1. The summed E-state index contributed by atoms with van der Waals surface area (Å²) in [6.45, 7) is 2.84. The maximum atomic E-state index is 14.4. The van der Waals surface area contributed by atoms with Crippen molar-refractivity contribution in [1.29, 1.82) is 0 Å². The molecule has 1 aliphatic heterocycles. The number of benzene rings is 1. The molecule has 7 atom stereocenters. The summed E-state index contributed by atoms with van der Waals surface area (Å²) >= 11 is 0. The molecule has 4 aliphatic carbocycles. The number of nitrogens with two attached hydrogens (primary N) is 1. The van der Waals surface area contributed by atoms with Crippen LogP contribution in [0, 0.1) is 23.7 Å². The van der Waals surface area contributed by atoms with Crippen molar-refractivity contribution in [2.45, 2.75) is 56.3 Å². The van der Waals surface area contributed by atoms with Crippen molar-refractivity contribution in [3.63, 3.8) is 0 Å². The minimum atomic E-state index is -1.46. The zero-order chi connectivity index (χ0) is 31.1. The van der Waals surface area contributed by atoms with Gasteiger partial charge >= 0.3 is 220 Å². The number of nitrogens with zero attached hydrogens (tertiary/aromatic N) is 3. The topological polar surface area (TPSA) is 131 Å². The molecule has 11 heteroatoms. The van der Waals surface area contributed by atoms with E-state index in [2.05, 4.69) is 14.1 Å². The van der Waals surface area contributed by atoms with Gasteiger partial charge in [0.15, 0.2) is 0 Å². The number of aliphatic hydroxyl groups excluding tert-OH is 2. The second-order valence-electron chi connectivity index (χ2n) is 13.8. The van der Waals surface area contributed by atoms with Crippen LogP contribution in [0.4, 0.5) is 5.69 Å². The number of allylic oxidation sites excluding steroid dienone is 1. The van der Waals surface area contributed by atoms with Crippen LogP contribution in [0.15, 0.2) is 23.0 Å². The Hall–Kier alpha value is -2.68. The molecule has 1 amide bonds. The van der Waals surface area contributed by atoms with Crippen molar-refractivity contribution < 1.29 is 24.9 Å². The molecule has 5 N–H and O–H groups in total. The third-order valence-corrected chi connectivity index (χ3v) is 11.9. The SMILES string of the molecule is [B]=C1C(C(N)=O)=C(O)[C@@H](N(C)C)[C@@H]2C[C@@H]3Cc4c(c(O)cc(CN5CC6CCCCC6C5)c4N(C)C)C(O)=C3C(=O)[C@]12P. The summed E-state index contributed by atoms with van der Waals surface area (Å²) in [7, 11) is 16.5. The molecule has 5 aliphatic rings. The molecule has 229 valence electrons. The Morgan fingerprint density at radius 1 is 1.14 bits per heavy atom. The zero-order valence-electron chi connectivity index (χ0n) is 25.6. The van der Waals surface area contributed by atoms with E-state index in [4.69, 9.17) is 13.2 Å². The summed E-state index contributed by atoms with van der Waals surface area (Å²) in [4.78, 5) is 33.2. The number of amides is 1. The van der Waals surface area contributed by atoms with Gasteiger partial charge in [-0.2, -0.15) is 0 Å². The molecule has 0 spiro atoms. The van der Waals surface area contributed by atoms with Crippen LogP contribution in [0.1, 0.15) is 48.8 Å². The number of aliphatic hydroxyl groups is 2. The zero-order valence-corrected chi connectivity index (χ0v) is 26.7. The van der Waals surface area contributed by atoms with Gasteiger partial charge in [0, 0.05) is 0 Å². The van der Waals surface area contributed by atoms with Crippen molar-refractivity contribution >= 4 is 45.3 Å². The van der Waals surface area contributed by atoms with E-state index in [0.29, 0.717) is 19.4 Å². The number of carbonyl (C=O) groups excluding carboxylic acids is 2. The van der Waals surface area contributed by atoms with Crippen LogP contribution in [-0.4, -0.2) is 102 Å². The number of phenols is 1. The second kappa shape index (κ2) is 10.7. The first-order valence-corrected chi connectivity index (χ1v) is 15.9. The molecule has 1 saturated heterocycles. The van der Waals surface area contributed by atoms with Crippen LogP contribution in [0.5, 0.6) is 5.75 Å². The average Bonchev–Trinajstić information content (AvgIpc) is 3.32. The van der Waals surface area contributed by atoms with Gasteiger partial charge in [0.05, 0.1) is 0 Å². The maximum absolute atomic E-state index is 14.4. The first-order chi connectivity index (χ1) is 20.3. The van der Waals surface area contributed by atoms with E-state index in [9.17, 15) is 24.9 Å². The van der Waals surface area contributed by atoms with Crippen LogP contribution >= 0.6 is 9.24 Å². The van der Waals surface area contributed by atoms with Crippen molar-refractivity contribution in [2.75, 3.05) is 46.2 Å². The molecule has 1 aromatic rings. The van der Waals surface area contributed by atoms with Crippen LogP contribution < -0.4 is 10.6 Å². The Bertz CT molecular complexity index is 1470. The summed E-state index contributed by atoms with van der Waals surface area (Å²) < 4.78 is 0. The molecule has 1 heterocycles. The van der Waals surface area contributed by atoms with Gasteiger partial charge in [0.1, 0.15) is 0 Å². The Kier molecular flexibility index (Phi) is 7.58. The number of carbonyl (C=O) groups is 2. The van der Waals surface area contributed by atoms with E-state index in [1.54, 1.807) is 25.1 Å². The fraction of sp³-hybridized carbons (Fsp3) is 0.594. The third-order valence-electron chi connectivity index (χ3n) is 10.9. The first kappa shape index (κ1) is 30.4. The Labute approximate surface area is 257 Å². The number of hydrogen-bond acceptors (Lipinski definition) is 8. The summed E-state index contributed by atoms with van der Waals surface area (Å²) in [5, 5.41) is 32.9. The normalized spacial score (nSPS) is 32.4. The van der Waals surface area contributed by atoms with Crippen LogP contribution in [0.25, 0.3) is 5.76 Å². The number of primary amides is 1. The number of anilines is 1. The van der Waals surface area contributed by atoms with E-state index in [-0.39, 0.29) is 45.4 Å². The van der Waals surface area contributed by atoms with Gasteiger partial charge in [-0.1, -0.05) is 12.8 Å². The number of likely N-dealkylation sites (tertiary alicyclic amines) is 1. The first-order valence-electron chi connectivity index (χ1n) is 15.3. The summed E-state index contributed by atoms with van der Waals surface area (Å²) in [6, 6.07) is 1.06. The molecule has 6 rings (SSSR count). The summed E-state index contributed by atoms with van der Waals surface area (Å²) in [6.07, 6.45) is 6.04. The molecule has 3 fully saturated rings. The number of ketones is 1. The Balaban J connectivity index is 1.44. The number of hydrogen-bond donors (Lipinski definition) is 4. The number of fused-ring (bicyclic) bond motifs is 4. The van der Waals surface area contributed by atoms with E-state index in [1.165, 1.54) is 25.7 Å². The van der Waals surface area contributed by atoms with Crippen molar-refractivity contribution in [1.82, 2.24) is 9.80 Å². The Morgan fingerprint density at radius 2 is 1.77 bits per heavy atom. The fourth-order valence-electron chi connectivity index (χ4n) is 9.09. The van der Waals surface area contributed by atoms with Crippen LogP contribution in [0.3, 0.4) is 0 Å². The fourth-order valence-corrected chi connectivity index (χ4v) is 9.71. The molecule has 43 heavy (non-hydrogen) atoms. The van der Waals surface area contributed by atoms with E-state index in [1.807, 2.05) is 19.0 Å². The molecule has 3 unspecified atom stereocenters. The van der Waals surface area contributed by atoms with E-state index in [0.717, 1.165) is 41.7 Å². The molecular formula is C32H43BN4O5P. The second-order valence-corrected chi connectivity index (χ2v) is 14.7. The molecule has 1 radical (unpaired) electrons. The monoisotopic (exact) mass is 605 g/mol. The summed E-state index contributed by atoms with van der Waals surface area (Å²) in [5.41, 5.74) is 8.53. The molecular weight excluding hydrogens is 562 g/mol. The molecule has 2 saturated carbocycles. The van der Waals surface area contributed by atoms with Crippen molar-refractivity contribution in [3.8, 4) is 5.75 Å². The summed E-state index contributed by atoms with van der Waals surface area (Å²) in [5.74, 6) is -1.29. The molecule has 0 bridgehead atoms. The van der Waals surface area contributed by atoms with E-state index < -0.39 is 28.8 Å². The van der Waals surface area contributed by atoms with Crippen LogP contribution in [0.2, 0.25) is 0 Å². The minimum absolute atomic E-state index is 0.0504. The standard InChI is InChI=1S/C32H43BN4O5P/c1-35(2)25-18(14-37-12-15-7-5-6-8-16(15)13-37)11-21(38)23-19(25)9-17-10-20-26(36(3)4)28(40)24(31(34)42)29(33)32(20,43)30(41)22(17)27(23)39/h11,15-17,20,26,38-40H,5-10,12-14,43H2,1-4H3,(H2,34,42)/t15?,16?,17-,20-,26-,32+/m0/s1. The van der Waals surface area contributed by atoms with Gasteiger partial charge in [-0.05, 0) is 24.7 Å². The van der Waals surface area contributed by atoms with Gasteiger partial charge < -0.3 is 0 Å². The van der Waals surface area contributed by atoms with Gasteiger partial charge in [-0.25, -0.2) is 0 Å². The number of Topliss-reactive ketones (excluding diaryl/α,β-unsaturated/α-hetero) is 1. The van der Waals surface area contributed by atoms with Crippen molar-refractivity contribution in [3.05, 3.63) is 39.7 Å². The van der Waals surface area contributed by atoms with Gasteiger partial charge in [0.25, 0.3) is 0 Å². The van der Waals surface area contributed by atoms with Crippen LogP contribution in [-0.2, 0) is 22.6 Å². The molecule has 0 aromatic heterocycles. The quantitative estimate of drug-likeness (QED) is 0.297. The number of phenolic OH excluding ortho intramolecular Hbond substituents is 1. The Morgan fingerprint density at radius 3 is 2.33 bits per heavy atom. The average molecular weight is 606 g/mol. The van der Waals surface area contributed by atoms with Gasteiger partial charge in [-0.3, -0.25) is 0 Å². The molecule has 9 nitrogen and oxygen atoms in total. The van der Waals surface area contributed by atoms with E-state index >= 15 is 0 Å². The molecule has 1 aromatic carbocycles. The number of likely N-dealkylation sites (N-methyl/N-ethyl adjacent to an activating group) is 1. The predicted octanol–water partition coefficient (Wildman–Crippen LogP) is 2.31. The number of rotatable bonds is 5. The van der Waals surface area contributed by atoms with Crippen molar-refractivity contribution in [2.24, 2.45) is 29.4 Å². The predicted molar refractivity (Wildman–Crippen MR) is 173 cm³/mol. The third kappa shape index (κ3) is 4.50. The van der Waals surface area contributed by atoms with Gasteiger partial charge in [-0.15, -0.1) is 0 Å².